The molecule has 0 aliphatic rings. The molecule has 22 heavy (non-hydrogen) atoms. The number of hydrogen-bond acceptors (Lipinski definition) is 6. The minimum absolute atomic E-state index is 0.0189. The molecule has 7 heteroatoms. The molecular formula is C15H15NO4S2. The third-order valence-corrected chi connectivity index (χ3v) is 4.54. The Morgan fingerprint density at radius 3 is 2.50 bits per heavy atom. The normalized spacial score (nSPS) is 10.2. The predicted molar refractivity (Wildman–Crippen MR) is 85.0 cm³/mol. The van der Waals surface area contributed by atoms with Gasteiger partial charge < -0.3 is 10.1 Å². The van der Waals surface area contributed by atoms with E-state index in [1.807, 2.05) is 22.9 Å². The molecule has 0 radical (unpaired) electrons. The maximum atomic E-state index is 11.7. The molecule has 116 valence electrons. The molecule has 0 aromatic carbocycles. The van der Waals surface area contributed by atoms with Crippen LogP contribution in [0.5, 0.6) is 0 Å². The number of carbonyl (C=O) groups excluding carboxylic acids is 3. The van der Waals surface area contributed by atoms with Crippen molar-refractivity contribution >= 4 is 40.3 Å². The molecule has 0 saturated carbocycles. The molecule has 0 unspecified atom stereocenters. The Hall–Kier alpha value is -1.99. The smallest absolute Gasteiger partial charge is 0.306 e. The summed E-state index contributed by atoms with van der Waals surface area (Å²) in [6, 6.07) is 7.31. The van der Waals surface area contributed by atoms with E-state index in [9.17, 15) is 14.4 Å². The molecule has 1 N–H and O–H groups in total. The van der Waals surface area contributed by atoms with Crippen molar-refractivity contribution in [3.63, 3.8) is 0 Å². The highest BCUT2D eigenvalue weighted by Crippen LogP contribution is 2.12. The van der Waals surface area contributed by atoms with Gasteiger partial charge in [-0.05, 0) is 22.9 Å². The van der Waals surface area contributed by atoms with Gasteiger partial charge in [0.1, 0.15) is 0 Å². The first-order valence-corrected chi connectivity index (χ1v) is 8.42. The van der Waals surface area contributed by atoms with Crippen LogP contribution < -0.4 is 5.32 Å². The zero-order valence-corrected chi connectivity index (χ0v) is 13.4. The zero-order valence-electron chi connectivity index (χ0n) is 11.7. The lowest BCUT2D eigenvalue weighted by Gasteiger charge is -2.05. The van der Waals surface area contributed by atoms with Gasteiger partial charge in [-0.2, -0.15) is 0 Å². The van der Waals surface area contributed by atoms with Gasteiger partial charge in [-0.3, -0.25) is 14.4 Å². The van der Waals surface area contributed by atoms with Crippen LogP contribution in [0.15, 0.2) is 35.0 Å². The van der Waals surface area contributed by atoms with Crippen LogP contribution in [0.3, 0.4) is 0 Å². The molecule has 0 atom stereocenters. The minimum Gasteiger partial charge on any atom is -0.456 e. The monoisotopic (exact) mass is 337 g/mol. The number of esters is 1. The molecule has 2 aromatic rings. The Bertz CT molecular complexity index is 620. The Labute approximate surface area is 135 Å². The number of nitrogens with one attached hydrogen (secondary N) is 1. The van der Waals surface area contributed by atoms with Gasteiger partial charge in [-0.1, -0.05) is 12.1 Å². The van der Waals surface area contributed by atoms with Crippen molar-refractivity contribution in [2.45, 2.75) is 19.4 Å². The maximum absolute atomic E-state index is 11.7. The molecule has 0 spiro atoms. The summed E-state index contributed by atoms with van der Waals surface area (Å²) < 4.78 is 4.85. The molecule has 2 rings (SSSR count). The highest BCUT2D eigenvalue weighted by atomic mass is 32.1. The summed E-state index contributed by atoms with van der Waals surface area (Å²) in [7, 11) is 0. The van der Waals surface area contributed by atoms with Crippen LogP contribution in [0.1, 0.15) is 27.4 Å². The summed E-state index contributed by atoms with van der Waals surface area (Å²) in [5, 5.41) is 6.39. The van der Waals surface area contributed by atoms with E-state index in [2.05, 4.69) is 5.32 Å². The lowest BCUT2D eigenvalue weighted by Crippen LogP contribution is -2.28. The third-order valence-electron chi connectivity index (χ3n) is 2.76. The number of Topliss-reactive ketones (excluding diaryl/α,β-unsaturated/α-hetero) is 1. The van der Waals surface area contributed by atoms with Crippen LogP contribution in [-0.2, 0) is 20.9 Å². The van der Waals surface area contributed by atoms with Crippen LogP contribution in [-0.4, -0.2) is 24.3 Å². The SMILES string of the molecule is O=C(COC(=O)CCC(=O)c1cccs1)NCc1cccs1. The number of hydrogen-bond donors (Lipinski definition) is 1. The Morgan fingerprint density at radius 2 is 1.82 bits per heavy atom. The van der Waals surface area contributed by atoms with Crippen molar-refractivity contribution in [1.82, 2.24) is 5.32 Å². The van der Waals surface area contributed by atoms with E-state index < -0.39 is 5.97 Å². The quantitative estimate of drug-likeness (QED) is 0.594. The van der Waals surface area contributed by atoms with Crippen molar-refractivity contribution in [3.8, 4) is 0 Å². The summed E-state index contributed by atoms with van der Waals surface area (Å²) >= 11 is 2.88. The number of rotatable bonds is 8. The fourth-order valence-corrected chi connectivity index (χ4v) is 2.98. The minimum atomic E-state index is -0.545. The molecule has 2 aromatic heterocycles. The van der Waals surface area contributed by atoms with E-state index >= 15 is 0 Å². The van der Waals surface area contributed by atoms with Crippen LogP contribution >= 0.6 is 22.7 Å². The van der Waals surface area contributed by atoms with E-state index in [0.717, 1.165) is 4.88 Å². The molecule has 1 amide bonds. The molecule has 0 aliphatic heterocycles. The van der Waals surface area contributed by atoms with Crippen molar-refractivity contribution < 1.29 is 19.1 Å². The Kier molecular flexibility index (Phi) is 6.29. The Morgan fingerprint density at radius 1 is 1.05 bits per heavy atom. The van der Waals surface area contributed by atoms with Gasteiger partial charge in [-0.25, -0.2) is 0 Å². The van der Waals surface area contributed by atoms with Gasteiger partial charge in [0.25, 0.3) is 5.91 Å². The lowest BCUT2D eigenvalue weighted by atomic mass is 10.2. The van der Waals surface area contributed by atoms with Crippen LogP contribution in [0, 0.1) is 0 Å². The van der Waals surface area contributed by atoms with Gasteiger partial charge in [0.2, 0.25) is 0 Å². The van der Waals surface area contributed by atoms with E-state index in [1.165, 1.54) is 11.3 Å². The average Bonchev–Trinajstić information content (AvgIpc) is 3.21. The molecule has 2 heterocycles. The predicted octanol–water partition coefficient (Wildman–Crippen LogP) is 2.63. The van der Waals surface area contributed by atoms with Gasteiger partial charge in [0.05, 0.1) is 17.8 Å². The van der Waals surface area contributed by atoms with Crippen LogP contribution in [0.4, 0.5) is 0 Å². The fraction of sp³-hybridized carbons (Fsp3) is 0.267. The summed E-state index contributed by atoms with van der Waals surface area (Å²) in [6.07, 6.45) is 0.0745. The molecule has 0 aliphatic carbocycles. The maximum Gasteiger partial charge on any atom is 0.306 e. The zero-order chi connectivity index (χ0) is 15.8. The summed E-state index contributed by atoms with van der Waals surface area (Å²) in [4.78, 5) is 36.4. The summed E-state index contributed by atoms with van der Waals surface area (Å²) in [6.45, 7) is 0.0995. The molecule has 0 saturated heterocycles. The standard InChI is InChI=1S/C15H15NO4S2/c17-12(13-4-2-8-22-13)5-6-15(19)20-10-14(18)16-9-11-3-1-7-21-11/h1-4,7-8H,5-6,9-10H2,(H,16,18). The summed E-state index contributed by atoms with van der Waals surface area (Å²) in [5.74, 6) is -0.989. The van der Waals surface area contributed by atoms with Crippen LogP contribution in [0.2, 0.25) is 0 Å². The first kappa shape index (κ1) is 16.4. The van der Waals surface area contributed by atoms with E-state index in [0.29, 0.717) is 11.4 Å². The van der Waals surface area contributed by atoms with Crippen LogP contribution in [0.25, 0.3) is 0 Å². The topological polar surface area (TPSA) is 72.5 Å². The molecule has 0 bridgehead atoms. The molecular weight excluding hydrogens is 322 g/mol. The number of ketones is 1. The lowest BCUT2D eigenvalue weighted by molar-refractivity contribution is -0.148. The summed E-state index contributed by atoms with van der Waals surface area (Å²) in [5.41, 5.74) is 0. The molecule has 5 nitrogen and oxygen atoms in total. The van der Waals surface area contributed by atoms with E-state index in [1.54, 1.807) is 23.5 Å². The average molecular weight is 337 g/mol. The second-order valence-corrected chi connectivity index (χ2v) is 6.40. The van der Waals surface area contributed by atoms with E-state index in [-0.39, 0.29) is 31.1 Å². The highest BCUT2D eigenvalue weighted by molar-refractivity contribution is 7.12. The Balaban J connectivity index is 1.60. The van der Waals surface area contributed by atoms with Crippen molar-refractivity contribution in [1.29, 1.82) is 0 Å². The van der Waals surface area contributed by atoms with Gasteiger partial charge in [0, 0.05) is 11.3 Å². The number of amides is 1. The fourth-order valence-electron chi connectivity index (χ4n) is 1.64. The van der Waals surface area contributed by atoms with Crippen molar-refractivity contribution in [2.24, 2.45) is 0 Å². The first-order valence-electron chi connectivity index (χ1n) is 6.66. The number of thiophene rings is 2. The second kappa shape index (κ2) is 8.45. The van der Waals surface area contributed by atoms with Crippen molar-refractivity contribution in [2.75, 3.05) is 6.61 Å². The number of carbonyl (C=O) groups is 3. The van der Waals surface area contributed by atoms with Gasteiger partial charge >= 0.3 is 5.97 Å². The number of ether oxygens (including phenoxy) is 1. The largest absolute Gasteiger partial charge is 0.456 e. The third kappa shape index (κ3) is 5.42. The van der Waals surface area contributed by atoms with E-state index in [4.69, 9.17) is 4.74 Å². The van der Waals surface area contributed by atoms with Gasteiger partial charge in [0.15, 0.2) is 12.4 Å². The highest BCUT2D eigenvalue weighted by Gasteiger charge is 2.12. The molecule has 0 fully saturated rings. The van der Waals surface area contributed by atoms with Crippen molar-refractivity contribution in [3.05, 3.63) is 44.8 Å². The van der Waals surface area contributed by atoms with Gasteiger partial charge in [-0.15, -0.1) is 22.7 Å². The second-order valence-electron chi connectivity index (χ2n) is 4.42. The first-order chi connectivity index (χ1) is 10.6.